The number of halogens is 2. The molecular formula is C12H14ClFN2O. The molecule has 1 unspecified atom stereocenters. The molecule has 0 radical (unpaired) electrons. The van der Waals surface area contributed by atoms with Gasteiger partial charge in [-0.3, -0.25) is 4.79 Å². The first-order valence-electron chi connectivity index (χ1n) is 5.14. The second kappa shape index (κ2) is 6.25. The SMILES string of the molecule is C=CCNC(=O)C(C)Nc1ccc(F)cc1Cl. The lowest BCUT2D eigenvalue weighted by molar-refractivity contribution is -0.121. The number of rotatable bonds is 5. The lowest BCUT2D eigenvalue weighted by Gasteiger charge is -2.15. The molecule has 0 fully saturated rings. The van der Waals surface area contributed by atoms with Gasteiger partial charge in [-0.05, 0) is 25.1 Å². The molecule has 3 nitrogen and oxygen atoms in total. The van der Waals surface area contributed by atoms with Crippen LogP contribution in [0.5, 0.6) is 0 Å². The van der Waals surface area contributed by atoms with E-state index in [1.54, 1.807) is 13.0 Å². The van der Waals surface area contributed by atoms with Crippen molar-refractivity contribution in [1.29, 1.82) is 0 Å². The van der Waals surface area contributed by atoms with Gasteiger partial charge in [0.05, 0.1) is 10.7 Å². The number of carbonyl (C=O) groups excluding carboxylic acids is 1. The molecule has 92 valence electrons. The molecule has 0 saturated heterocycles. The van der Waals surface area contributed by atoms with Crippen LogP contribution in [0, 0.1) is 5.82 Å². The summed E-state index contributed by atoms with van der Waals surface area (Å²) in [5.74, 6) is -0.588. The van der Waals surface area contributed by atoms with Crippen LogP contribution in [0.2, 0.25) is 5.02 Å². The Labute approximate surface area is 105 Å². The molecule has 1 amide bonds. The van der Waals surface area contributed by atoms with E-state index in [1.165, 1.54) is 18.2 Å². The Bertz CT molecular complexity index is 423. The summed E-state index contributed by atoms with van der Waals surface area (Å²) < 4.78 is 12.8. The maximum absolute atomic E-state index is 12.8. The second-order valence-electron chi connectivity index (χ2n) is 3.52. The standard InChI is InChI=1S/C12H14ClFN2O/c1-3-6-15-12(17)8(2)16-11-5-4-9(14)7-10(11)13/h3-5,7-8,16H,1,6H2,2H3,(H,15,17). The van der Waals surface area contributed by atoms with Gasteiger partial charge in [-0.15, -0.1) is 6.58 Å². The molecule has 0 aliphatic carbocycles. The van der Waals surface area contributed by atoms with Gasteiger partial charge in [0, 0.05) is 6.54 Å². The molecule has 0 heterocycles. The van der Waals surface area contributed by atoms with E-state index in [0.29, 0.717) is 12.2 Å². The topological polar surface area (TPSA) is 41.1 Å². The molecule has 1 rings (SSSR count). The van der Waals surface area contributed by atoms with Crippen molar-refractivity contribution in [2.45, 2.75) is 13.0 Å². The van der Waals surface area contributed by atoms with Crippen LogP contribution in [0.1, 0.15) is 6.92 Å². The highest BCUT2D eigenvalue weighted by atomic mass is 35.5. The number of nitrogens with one attached hydrogen (secondary N) is 2. The van der Waals surface area contributed by atoms with Crippen LogP contribution in [-0.2, 0) is 4.79 Å². The van der Waals surface area contributed by atoms with Crippen molar-refractivity contribution in [2.24, 2.45) is 0 Å². The Kier molecular flexibility index (Phi) is 4.97. The number of hydrogen-bond donors (Lipinski definition) is 2. The highest BCUT2D eigenvalue weighted by molar-refractivity contribution is 6.33. The third-order valence-electron chi connectivity index (χ3n) is 2.12. The van der Waals surface area contributed by atoms with Crippen molar-refractivity contribution in [3.63, 3.8) is 0 Å². The van der Waals surface area contributed by atoms with E-state index in [9.17, 15) is 9.18 Å². The molecule has 0 aromatic heterocycles. The lowest BCUT2D eigenvalue weighted by Crippen LogP contribution is -2.37. The van der Waals surface area contributed by atoms with Gasteiger partial charge in [-0.2, -0.15) is 0 Å². The third kappa shape index (κ3) is 4.07. The smallest absolute Gasteiger partial charge is 0.242 e. The van der Waals surface area contributed by atoms with Gasteiger partial charge < -0.3 is 10.6 Å². The van der Waals surface area contributed by atoms with E-state index in [1.807, 2.05) is 0 Å². The molecule has 0 saturated carbocycles. The van der Waals surface area contributed by atoms with Crippen LogP contribution in [0.15, 0.2) is 30.9 Å². The van der Waals surface area contributed by atoms with Crippen molar-refractivity contribution < 1.29 is 9.18 Å². The summed E-state index contributed by atoms with van der Waals surface area (Å²) in [5, 5.41) is 5.79. The summed E-state index contributed by atoms with van der Waals surface area (Å²) in [7, 11) is 0. The van der Waals surface area contributed by atoms with Crippen LogP contribution >= 0.6 is 11.6 Å². The van der Waals surface area contributed by atoms with Crippen molar-refractivity contribution in [3.05, 3.63) is 41.7 Å². The van der Waals surface area contributed by atoms with E-state index in [0.717, 1.165) is 0 Å². The van der Waals surface area contributed by atoms with Gasteiger partial charge in [-0.25, -0.2) is 4.39 Å². The van der Waals surface area contributed by atoms with Crippen LogP contribution in [-0.4, -0.2) is 18.5 Å². The van der Waals surface area contributed by atoms with Gasteiger partial charge in [0.25, 0.3) is 0 Å². The molecule has 5 heteroatoms. The Balaban J connectivity index is 2.64. The molecule has 2 N–H and O–H groups in total. The van der Waals surface area contributed by atoms with Gasteiger partial charge in [0.2, 0.25) is 5.91 Å². The Morgan fingerprint density at radius 2 is 2.35 bits per heavy atom. The molecule has 1 aromatic carbocycles. The van der Waals surface area contributed by atoms with Gasteiger partial charge in [0.1, 0.15) is 11.9 Å². The second-order valence-corrected chi connectivity index (χ2v) is 3.93. The first kappa shape index (κ1) is 13.5. The Morgan fingerprint density at radius 1 is 1.65 bits per heavy atom. The quantitative estimate of drug-likeness (QED) is 0.795. The van der Waals surface area contributed by atoms with E-state index in [2.05, 4.69) is 17.2 Å². The molecule has 0 bridgehead atoms. The maximum Gasteiger partial charge on any atom is 0.242 e. The molecule has 1 atom stereocenters. The fourth-order valence-corrected chi connectivity index (χ4v) is 1.45. The molecule has 0 aliphatic heterocycles. The van der Waals surface area contributed by atoms with Crippen LogP contribution in [0.4, 0.5) is 10.1 Å². The average molecular weight is 257 g/mol. The molecule has 17 heavy (non-hydrogen) atoms. The summed E-state index contributed by atoms with van der Waals surface area (Å²) in [6.07, 6.45) is 1.59. The molecular weight excluding hydrogens is 243 g/mol. The van der Waals surface area contributed by atoms with Crippen LogP contribution in [0.25, 0.3) is 0 Å². The largest absolute Gasteiger partial charge is 0.373 e. The van der Waals surface area contributed by atoms with E-state index in [4.69, 9.17) is 11.6 Å². The Hall–Kier alpha value is -1.55. The summed E-state index contributed by atoms with van der Waals surface area (Å²) in [6.45, 7) is 5.60. The predicted octanol–water partition coefficient (Wildman–Crippen LogP) is 2.58. The van der Waals surface area contributed by atoms with Crippen LogP contribution in [0.3, 0.4) is 0 Å². The van der Waals surface area contributed by atoms with Crippen molar-refractivity contribution in [1.82, 2.24) is 5.32 Å². The predicted molar refractivity (Wildman–Crippen MR) is 67.7 cm³/mol. The zero-order valence-electron chi connectivity index (χ0n) is 9.47. The molecule has 0 aliphatic rings. The third-order valence-corrected chi connectivity index (χ3v) is 2.43. The van der Waals surface area contributed by atoms with Gasteiger partial charge in [-0.1, -0.05) is 17.7 Å². The average Bonchev–Trinajstić information content (AvgIpc) is 2.29. The van der Waals surface area contributed by atoms with Crippen LogP contribution < -0.4 is 10.6 Å². The fraction of sp³-hybridized carbons (Fsp3) is 0.250. The molecule has 1 aromatic rings. The number of amides is 1. The van der Waals surface area contributed by atoms with Crippen molar-refractivity contribution >= 4 is 23.2 Å². The van der Waals surface area contributed by atoms with Gasteiger partial charge >= 0.3 is 0 Å². The van der Waals surface area contributed by atoms with E-state index >= 15 is 0 Å². The minimum Gasteiger partial charge on any atom is -0.373 e. The normalized spacial score (nSPS) is 11.7. The first-order valence-corrected chi connectivity index (χ1v) is 5.52. The number of anilines is 1. The lowest BCUT2D eigenvalue weighted by atomic mass is 10.2. The van der Waals surface area contributed by atoms with E-state index in [-0.39, 0.29) is 10.9 Å². The summed E-state index contributed by atoms with van der Waals surface area (Å²) in [4.78, 5) is 11.5. The monoisotopic (exact) mass is 256 g/mol. The Morgan fingerprint density at radius 3 is 2.94 bits per heavy atom. The van der Waals surface area contributed by atoms with Crippen molar-refractivity contribution in [3.8, 4) is 0 Å². The number of carbonyl (C=O) groups is 1. The number of hydrogen-bond acceptors (Lipinski definition) is 2. The zero-order chi connectivity index (χ0) is 12.8. The summed E-state index contributed by atoms with van der Waals surface area (Å²) in [5.41, 5.74) is 0.523. The van der Waals surface area contributed by atoms with Gasteiger partial charge in [0.15, 0.2) is 0 Å². The summed E-state index contributed by atoms with van der Waals surface area (Å²) >= 11 is 5.83. The first-order chi connectivity index (χ1) is 8.04. The highest BCUT2D eigenvalue weighted by Gasteiger charge is 2.13. The summed E-state index contributed by atoms with van der Waals surface area (Å²) in [6, 6.07) is 3.51. The minimum atomic E-state index is -0.460. The number of benzene rings is 1. The maximum atomic E-state index is 12.8. The minimum absolute atomic E-state index is 0.176. The fourth-order valence-electron chi connectivity index (χ4n) is 1.23. The zero-order valence-corrected chi connectivity index (χ0v) is 10.2. The highest BCUT2D eigenvalue weighted by Crippen LogP contribution is 2.22. The molecule has 0 spiro atoms. The van der Waals surface area contributed by atoms with E-state index < -0.39 is 11.9 Å². The van der Waals surface area contributed by atoms with Crippen molar-refractivity contribution in [2.75, 3.05) is 11.9 Å².